The molecule has 2 aliphatic rings. The molecule has 1 heteroatoms. The summed E-state index contributed by atoms with van der Waals surface area (Å²) in [6.07, 6.45) is 7.98. The summed E-state index contributed by atoms with van der Waals surface area (Å²) in [6, 6.07) is 0. The summed E-state index contributed by atoms with van der Waals surface area (Å²) in [7, 11) is 0. The molecule has 0 aromatic heterocycles. The van der Waals surface area contributed by atoms with Crippen molar-refractivity contribution in [2.45, 2.75) is 25.7 Å². The van der Waals surface area contributed by atoms with E-state index in [2.05, 4.69) is 0 Å². The van der Waals surface area contributed by atoms with Gasteiger partial charge in [0.1, 0.15) is 5.83 Å². The Morgan fingerprint density at radius 3 is 2.80 bits per heavy atom. The minimum Gasteiger partial charge on any atom is -0.207 e. The molecule has 0 spiro atoms. The topological polar surface area (TPSA) is 0 Å². The van der Waals surface area contributed by atoms with Gasteiger partial charge in [0.2, 0.25) is 0 Å². The molecule has 10 heavy (non-hydrogen) atoms. The smallest absolute Gasteiger partial charge is 0.119 e. The van der Waals surface area contributed by atoms with Crippen LogP contribution < -0.4 is 0 Å². The van der Waals surface area contributed by atoms with Crippen LogP contribution in [0.15, 0.2) is 23.6 Å². The fraction of sp³-hybridized carbons (Fsp3) is 0.556. The molecule has 0 aromatic rings. The predicted octanol–water partition coefficient (Wildman–Crippen LogP) is 2.97. The van der Waals surface area contributed by atoms with Gasteiger partial charge in [0.15, 0.2) is 0 Å². The number of allylic oxidation sites excluding steroid dienone is 4. The van der Waals surface area contributed by atoms with Crippen LogP contribution in [0.4, 0.5) is 4.39 Å². The summed E-state index contributed by atoms with van der Waals surface area (Å²) in [6.45, 7) is 0. The highest BCUT2D eigenvalue weighted by Gasteiger charge is 2.26. The minimum atomic E-state index is -0.0202. The first-order chi connectivity index (χ1) is 4.86. The summed E-state index contributed by atoms with van der Waals surface area (Å²) in [5, 5.41) is 0. The molecule has 0 saturated heterocycles. The van der Waals surface area contributed by atoms with Crippen molar-refractivity contribution in [1.82, 2.24) is 0 Å². The molecular formula is C9H11F. The van der Waals surface area contributed by atoms with Gasteiger partial charge >= 0.3 is 0 Å². The zero-order valence-corrected chi connectivity index (χ0v) is 5.94. The highest BCUT2D eigenvalue weighted by Crippen LogP contribution is 2.40. The minimum absolute atomic E-state index is 0.0202. The van der Waals surface area contributed by atoms with E-state index in [4.69, 9.17) is 0 Å². The van der Waals surface area contributed by atoms with E-state index >= 15 is 0 Å². The van der Waals surface area contributed by atoms with Crippen LogP contribution in [0, 0.1) is 5.92 Å². The average Bonchev–Trinajstić information content (AvgIpc) is 2.68. The first-order valence-electron chi connectivity index (χ1n) is 3.92. The van der Waals surface area contributed by atoms with Crippen LogP contribution >= 0.6 is 0 Å². The lowest BCUT2D eigenvalue weighted by Crippen LogP contribution is -1.91. The lowest BCUT2D eigenvalue weighted by Gasteiger charge is -2.07. The van der Waals surface area contributed by atoms with Gasteiger partial charge in [0.25, 0.3) is 0 Å². The molecule has 2 rings (SSSR count). The molecule has 0 atom stereocenters. The Labute approximate surface area is 60.4 Å². The molecule has 0 amide bonds. The molecular weight excluding hydrogens is 127 g/mol. The third kappa shape index (κ3) is 1.13. The predicted molar refractivity (Wildman–Crippen MR) is 39.2 cm³/mol. The average molecular weight is 138 g/mol. The largest absolute Gasteiger partial charge is 0.207 e. The van der Waals surface area contributed by atoms with Crippen LogP contribution in [0.3, 0.4) is 0 Å². The van der Waals surface area contributed by atoms with Crippen LogP contribution in [-0.2, 0) is 0 Å². The summed E-state index contributed by atoms with van der Waals surface area (Å²) < 4.78 is 12.6. The molecule has 0 aliphatic heterocycles. The van der Waals surface area contributed by atoms with Crippen LogP contribution in [-0.4, -0.2) is 0 Å². The highest BCUT2D eigenvalue weighted by atomic mass is 19.1. The van der Waals surface area contributed by atoms with Crippen molar-refractivity contribution < 1.29 is 4.39 Å². The second-order valence-corrected chi connectivity index (χ2v) is 3.12. The number of rotatable bonds is 1. The Kier molecular flexibility index (Phi) is 1.37. The Hall–Kier alpha value is -0.590. The van der Waals surface area contributed by atoms with Crippen LogP contribution in [0.2, 0.25) is 0 Å². The number of hydrogen-bond donors (Lipinski definition) is 0. The van der Waals surface area contributed by atoms with Gasteiger partial charge in [-0.15, -0.1) is 0 Å². The van der Waals surface area contributed by atoms with E-state index in [0.717, 1.165) is 18.8 Å². The zero-order valence-electron chi connectivity index (χ0n) is 5.94. The normalized spacial score (nSPS) is 25.7. The van der Waals surface area contributed by atoms with Gasteiger partial charge in [-0.3, -0.25) is 0 Å². The van der Waals surface area contributed by atoms with Gasteiger partial charge in [-0.2, -0.15) is 0 Å². The van der Waals surface area contributed by atoms with E-state index in [1.807, 2.05) is 0 Å². The fourth-order valence-electron chi connectivity index (χ4n) is 1.46. The first-order valence-corrected chi connectivity index (χ1v) is 3.92. The molecule has 2 aliphatic carbocycles. The zero-order chi connectivity index (χ0) is 6.97. The molecule has 54 valence electrons. The maximum absolute atomic E-state index is 12.6. The Balaban J connectivity index is 2.12. The number of hydrogen-bond acceptors (Lipinski definition) is 0. The van der Waals surface area contributed by atoms with Crippen molar-refractivity contribution in [1.29, 1.82) is 0 Å². The molecule has 0 N–H and O–H groups in total. The third-order valence-electron chi connectivity index (χ3n) is 2.20. The van der Waals surface area contributed by atoms with E-state index in [-0.39, 0.29) is 5.83 Å². The fourth-order valence-corrected chi connectivity index (χ4v) is 1.46. The first kappa shape index (κ1) is 6.14. The standard InChI is InChI=1S/C9H11F/c10-9-3-1-2-8(6-9)7-4-5-7/h3,6-7H,1-2,4-5H2. The molecule has 1 saturated carbocycles. The van der Waals surface area contributed by atoms with Gasteiger partial charge in [-0.25, -0.2) is 4.39 Å². The Morgan fingerprint density at radius 2 is 2.20 bits per heavy atom. The number of halogens is 1. The molecule has 0 bridgehead atoms. The summed E-state index contributed by atoms with van der Waals surface area (Å²) >= 11 is 0. The summed E-state index contributed by atoms with van der Waals surface area (Å²) in [5.74, 6) is 0.729. The van der Waals surface area contributed by atoms with Crippen LogP contribution in [0.1, 0.15) is 25.7 Å². The second-order valence-electron chi connectivity index (χ2n) is 3.12. The maximum Gasteiger partial charge on any atom is 0.119 e. The molecule has 0 aromatic carbocycles. The van der Waals surface area contributed by atoms with Crippen LogP contribution in [0.25, 0.3) is 0 Å². The third-order valence-corrected chi connectivity index (χ3v) is 2.20. The highest BCUT2D eigenvalue weighted by molar-refractivity contribution is 5.26. The lowest BCUT2D eigenvalue weighted by molar-refractivity contribution is 0.641. The van der Waals surface area contributed by atoms with Gasteiger partial charge in [0.05, 0.1) is 0 Å². The molecule has 0 heterocycles. The van der Waals surface area contributed by atoms with Crippen LogP contribution in [0.5, 0.6) is 0 Å². The van der Waals surface area contributed by atoms with Crippen molar-refractivity contribution in [2.24, 2.45) is 5.92 Å². The van der Waals surface area contributed by atoms with Crippen molar-refractivity contribution in [3.8, 4) is 0 Å². The van der Waals surface area contributed by atoms with Gasteiger partial charge < -0.3 is 0 Å². The molecule has 0 unspecified atom stereocenters. The van der Waals surface area contributed by atoms with E-state index in [0.29, 0.717) is 0 Å². The van der Waals surface area contributed by atoms with Crippen molar-refractivity contribution in [2.75, 3.05) is 0 Å². The van der Waals surface area contributed by atoms with Gasteiger partial charge in [0, 0.05) is 0 Å². The van der Waals surface area contributed by atoms with Crippen molar-refractivity contribution >= 4 is 0 Å². The monoisotopic (exact) mass is 138 g/mol. The maximum atomic E-state index is 12.6. The summed E-state index contributed by atoms with van der Waals surface area (Å²) in [4.78, 5) is 0. The van der Waals surface area contributed by atoms with Crippen molar-refractivity contribution in [3.05, 3.63) is 23.6 Å². The van der Waals surface area contributed by atoms with Crippen molar-refractivity contribution in [3.63, 3.8) is 0 Å². The van der Waals surface area contributed by atoms with E-state index < -0.39 is 0 Å². The van der Waals surface area contributed by atoms with E-state index in [1.165, 1.54) is 18.4 Å². The molecule has 0 nitrogen and oxygen atoms in total. The van der Waals surface area contributed by atoms with E-state index in [1.54, 1.807) is 12.2 Å². The molecule has 0 radical (unpaired) electrons. The molecule has 1 fully saturated rings. The van der Waals surface area contributed by atoms with E-state index in [9.17, 15) is 4.39 Å². The summed E-state index contributed by atoms with van der Waals surface area (Å²) in [5.41, 5.74) is 1.35. The second kappa shape index (κ2) is 2.22. The Morgan fingerprint density at radius 1 is 1.40 bits per heavy atom. The SMILES string of the molecule is FC1=CCCC(C2CC2)=C1. The van der Waals surface area contributed by atoms with Gasteiger partial charge in [-0.1, -0.05) is 5.57 Å². The van der Waals surface area contributed by atoms with Gasteiger partial charge in [-0.05, 0) is 43.8 Å². The Bertz CT molecular complexity index is 197. The lowest BCUT2D eigenvalue weighted by atomic mass is 10.0. The quantitative estimate of drug-likeness (QED) is 0.522.